The van der Waals surface area contributed by atoms with Gasteiger partial charge in [0.05, 0.1) is 5.92 Å². The van der Waals surface area contributed by atoms with E-state index in [4.69, 9.17) is 0 Å². The first-order valence-corrected chi connectivity index (χ1v) is 8.81. The largest absolute Gasteiger partial charge is 0.352 e. The van der Waals surface area contributed by atoms with Gasteiger partial charge in [0.1, 0.15) is 0 Å². The number of nitrogens with one attached hydrogen (secondary N) is 1. The van der Waals surface area contributed by atoms with Crippen molar-refractivity contribution in [2.75, 3.05) is 13.1 Å². The van der Waals surface area contributed by atoms with Gasteiger partial charge in [-0.1, -0.05) is 48.5 Å². The van der Waals surface area contributed by atoms with E-state index in [1.54, 1.807) is 11.8 Å². The van der Waals surface area contributed by atoms with Crippen LogP contribution in [0.15, 0.2) is 54.6 Å². The molecule has 2 aromatic rings. The molecule has 1 saturated heterocycles. The van der Waals surface area contributed by atoms with E-state index in [2.05, 4.69) is 29.6 Å². The maximum Gasteiger partial charge on any atom is 0.225 e. The molecule has 0 aliphatic carbocycles. The third-order valence-corrected chi connectivity index (χ3v) is 4.74. The van der Waals surface area contributed by atoms with Crippen molar-refractivity contribution in [1.82, 2.24) is 10.2 Å². The Kier molecular flexibility index (Phi) is 5.49. The van der Waals surface area contributed by atoms with Crippen LogP contribution in [0.1, 0.15) is 25.3 Å². The number of benzene rings is 2. The summed E-state index contributed by atoms with van der Waals surface area (Å²) in [5.74, 6) is -0.0147. The molecule has 25 heavy (non-hydrogen) atoms. The maximum atomic E-state index is 12.4. The maximum absolute atomic E-state index is 12.4. The van der Waals surface area contributed by atoms with Gasteiger partial charge in [-0.05, 0) is 35.6 Å². The van der Waals surface area contributed by atoms with Gasteiger partial charge >= 0.3 is 0 Å². The highest BCUT2D eigenvalue weighted by atomic mass is 16.2. The Morgan fingerprint density at radius 3 is 2.60 bits per heavy atom. The van der Waals surface area contributed by atoms with Crippen molar-refractivity contribution in [3.05, 3.63) is 60.2 Å². The Balaban J connectivity index is 1.60. The average molecular weight is 336 g/mol. The number of piperidine rings is 1. The summed E-state index contributed by atoms with van der Waals surface area (Å²) in [6, 6.07) is 18.4. The topological polar surface area (TPSA) is 49.4 Å². The highest BCUT2D eigenvalue weighted by Crippen LogP contribution is 2.20. The van der Waals surface area contributed by atoms with Crippen molar-refractivity contribution in [3.8, 4) is 11.1 Å². The second kappa shape index (κ2) is 7.97. The molecule has 2 aromatic carbocycles. The zero-order valence-corrected chi connectivity index (χ0v) is 14.6. The van der Waals surface area contributed by atoms with Gasteiger partial charge in [0, 0.05) is 26.6 Å². The van der Waals surface area contributed by atoms with Gasteiger partial charge in [0.25, 0.3) is 0 Å². The van der Waals surface area contributed by atoms with Crippen LogP contribution in [0, 0.1) is 5.92 Å². The molecule has 0 saturated carbocycles. The van der Waals surface area contributed by atoms with E-state index in [0.29, 0.717) is 13.1 Å². The number of hydrogen-bond donors (Lipinski definition) is 1. The monoisotopic (exact) mass is 336 g/mol. The summed E-state index contributed by atoms with van der Waals surface area (Å²) in [5, 5.41) is 3.03. The molecule has 1 unspecified atom stereocenters. The third kappa shape index (κ3) is 4.47. The van der Waals surface area contributed by atoms with E-state index < -0.39 is 0 Å². The molecule has 1 fully saturated rings. The molecule has 0 radical (unpaired) electrons. The van der Waals surface area contributed by atoms with Crippen LogP contribution in [0.25, 0.3) is 11.1 Å². The lowest BCUT2D eigenvalue weighted by Crippen LogP contribution is -2.44. The first kappa shape index (κ1) is 17.2. The quantitative estimate of drug-likeness (QED) is 0.932. The predicted molar refractivity (Wildman–Crippen MR) is 98.7 cm³/mol. The summed E-state index contributed by atoms with van der Waals surface area (Å²) in [5.41, 5.74) is 3.39. The molecule has 0 spiro atoms. The number of carbonyl (C=O) groups excluding carboxylic acids is 2. The molecule has 130 valence electrons. The second-order valence-corrected chi connectivity index (χ2v) is 6.59. The first-order valence-electron chi connectivity index (χ1n) is 8.81. The van der Waals surface area contributed by atoms with Crippen LogP contribution in [-0.2, 0) is 16.1 Å². The van der Waals surface area contributed by atoms with E-state index in [-0.39, 0.29) is 17.7 Å². The molecular weight excluding hydrogens is 312 g/mol. The lowest BCUT2D eigenvalue weighted by molar-refractivity contribution is -0.134. The molecule has 0 bridgehead atoms. The van der Waals surface area contributed by atoms with E-state index in [1.165, 1.54) is 5.56 Å². The number of carbonyl (C=O) groups is 2. The van der Waals surface area contributed by atoms with E-state index in [0.717, 1.165) is 30.5 Å². The number of likely N-dealkylation sites (tertiary alicyclic amines) is 1. The minimum atomic E-state index is -0.102. The van der Waals surface area contributed by atoms with Crippen LogP contribution in [-0.4, -0.2) is 29.8 Å². The zero-order chi connectivity index (χ0) is 17.6. The van der Waals surface area contributed by atoms with Crippen LogP contribution in [0.2, 0.25) is 0 Å². The predicted octanol–water partition coefficient (Wildman–Crippen LogP) is 3.23. The lowest BCUT2D eigenvalue weighted by Gasteiger charge is -2.31. The molecule has 1 N–H and O–H groups in total. The fraction of sp³-hybridized carbons (Fsp3) is 0.333. The molecule has 1 heterocycles. The minimum absolute atomic E-state index is 0.0380. The van der Waals surface area contributed by atoms with Crippen molar-refractivity contribution in [2.45, 2.75) is 26.3 Å². The summed E-state index contributed by atoms with van der Waals surface area (Å²) < 4.78 is 0. The molecule has 4 nitrogen and oxygen atoms in total. The van der Waals surface area contributed by atoms with E-state index >= 15 is 0 Å². The number of nitrogens with zero attached hydrogens (tertiary/aromatic N) is 1. The van der Waals surface area contributed by atoms with Gasteiger partial charge in [-0.3, -0.25) is 9.59 Å². The van der Waals surface area contributed by atoms with Crippen molar-refractivity contribution in [3.63, 3.8) is 0 Å². The molecule has 4 heteroatoms. The Hall–Kier alpha value is -2.62. The molecule has 0 aromatic heterocycles. The molecule has 1 aliphatic heterocycles. The molecule has 1 atom stereocenters. The third-order valence-electron chi connectivity index (χ3n) is 4.74. The van der Waals surface area contributed by atoms with Crippen LogP contribution in [0.5, 0.6) is 0 Å². The smallest absolute Gasteiger partial charge is 0.225 e. The first-order chi connectivity index (χ1) is 12.1. The fourth-order valence-corrected chi connectivity index (χ4v) is 3.30. The van der Waals surface area contributed by atoms with Crippen molar-refractivity contribution in [1.29, 1.82) is 0 Å². The highest BCUT2D eigenvalue weighted by Gasteiger charge is 2.26. The van der Waals surface area contributed by atoms with Gasteiger partial charge in [-0.2, -0.15) is 0 Å². The molecule has 3 rings (SSSR count). The number of rotatable bonds is 4. The van der Waals surface area contributed by atoms with Crippen molar-refractivity contribution < 1.29 is 9.59 Å². The average Bonchev–Trinajstić information content (AvgIpc) is 2.67. The Labute approximate surface area is 148 Å². The molecule has 1 aliphatic rings. The Morgan fingerprint density at radius 2 is 1.84 bits per heavy atom. The van der Waals surface area contributed by atoms with Gasteiger partial charge in [0.15, 0.2) is 0 Å². The van der Waals surface area contributed by atoms with Gasteiger partial charge in [0.2, 0.25) is 11.8 Å². The van der Waals surface area contributed by atoms with Crippen LogP contribution in [0.4, 0.5) is 0 Å². The normalized spacial score (nSPS) is 17.2. The van der Waals surface area contributed by atoms with Crippen LogP contribution < -0.4 is 5.32 Å². The highest BCUT2D eigenvalue weighted by molar-refractivity contribution is 5.80. The molecule has 2 amide bonds. The SMILES string of the molecule is CC(=O)N1CCCC(C(=O)NCc2cccc(-c3ccccc3)c2)C1. The van der Waals surface area contributed by atoms with Gasteiger partial charge < -0.3 is 10.2 Å². The summed E-state index contributed by atoms with van der Waals surface area (Å²) in [6.07, 6.45) is 1.74. The van der Waals surface area contributed by atoms with Crippen molar-refractivity contribution >= 4 is 11.8 Å². The standard InChI is InChI=1S/C21H24N2O2/c1-16(24)23-12-6-11-20(15-23)21(25)22-14-17-7-5-10-19(13-17)18-8-3-2-4-9-18/h2-5,7-10,13,20H,6,11-12,14-15H2,1H3,(H,22,25). The summed E-state index contributed by atoms with van der Waals surface area (Å²) in [4.78, 5) is 25.7. The fourth-order valence-electron chi connectivity index (χ4n) is 3.30. The Morgan fingerprint density at radius 1 is 1.08 bits per heavy atom. The number of hydrogen-bond acceptors (Lipinski definition) is 2. The molecular formula is C21H24N2O2. The summed E-state index contributed by atoms with van der Waals surface area (Å²) in [7, 11) is 0. The number of amides is 2. The second-order valence-electron chi connectivity index (χ2n) is 6.59. The van der Waals surface area contributed by atoms with Crippen LogP contribution in [0.3, 0.4) is 0 Å². The van der Waals surface area contributed by atoms with Gasteiger partial charge in [-0.25, -0.2) is 0 Å². The van der Waals surface area contributed by atoms with Gasteiger partial charge in [-0.15, -0.1) is 0 Å². The van der Waals surface area contributed by atoms with E-state index in [9.17, 15) is 9.59 Å². The zero-order valence-electron chi connectivity index (χ0n) is 14.6. The van der Waals surface area contributed by atoms with Crippen LogP contribution >= 0.6 is 0 Å². The Bertz CT molecular complexity index is 743. The summed E-state index contributed by atoms with van der Waals surface area (Å²) >= 11 is 0. The van der Waals surface area contributed by atoms with E-state index in [1.807, 2.05) is 30.3 Å². The summed E-state index contributed by atoms with van der Waals surface area (Å²) in [6.45, 7) is 3.37. The van der Waals surface area contributed by atoms with Crippen molar-refractivity contribution in [2.24, 2.45) is 5.92 Å². The lowest BCUT2D eigenvalue weighted by atomic mass is 9.97. The minimum Gasteiger partial charge on any atom is -0.352 e.